The van der Waals surface area contributed by atoms with Gasteiger partial charge in [0.2, 0.25) is 0 Å². The van der Waals surface area contributed by atoms with Crippen LogP contribution in [0.3, 0.4) is 0 Å². The van der Waals surface area contributed by atoms with E-state index < -0.39 is 5.97 Å². The van der Waals surface area contributed by atoms with E-state index in [1.54, 1.807) is 12.1 Å². The van der Waals surface area contributed by atoms with Crippen LogP contribution >= 0.6 is 11.3 Å². The summed E-state index contributed by atoms with van der Waals surface area (Å²) in [5, 5.41) is 11.7. The quantitative estimate of drug-likeness (QED) is 0.792. The Labute approximate surface area is 84.8 Å². The molecule has 14 heavy (non-hydrogen) atoms. The van der Waals surface area contributed by atoms with Crippen LogP contribution in [0, 0.1) is 0 Å². The zero-order chi connectivity index (χ0) is 10.1. The highest BCUT2D eigenvalue weighted by Crippen LogP contribution is 2.28. The van der Waals surface area contributed by atoms with Gasteiger partial charge in [-0.15, -0.1) is 11.3 Å². The van der Waals surface area contributed by atoms with Crippen LogP contribution in [0.5, 0.6) is 0 Å². The van der Waals surface area contributed by atoms with Crippen molar-refractivity contribution in [3.8, 4) is 0 Å². The predicted molar refractivity (Wildman–Crippen MR) is 56.7 cm³/mol. The Morgan fingerprint density at radius 1 is 1.50 bits per heavy atom. The minimum Gasteiger partial charge on any atom is -0.478 e. The molecule has 0 aliphatic carbocycles. The Morgan fingerprint density at radius 2 is 2.29 bits per heavy atom. The van der Waals surface area contributed by atoms with Gasteiger partial charge in [0.1, 0.15) is 0 Å². The molecule has 0 aliphatic heterocycles. The summed E-state index contributed by atoms with van der Waals surface area (Å²) in [6.07, 6.45) is 0. The van der Waals surface area contributed by atoms with Crippen LogP contribution in [-0.4, -0.2) is 11.1 Å². The van der Waals surface area contributed by atoms with Crippen LogP contribution in [0.25, 0.3) is 10.1 Å². The molecule has 0 atom stereocenters. The monoisotopic (exact) mass is 207 g/mol. The first-order valence-electron chi connectivity index (χ1n) is 4.16. The summed E-state index contributed by atoms with van der Waals surface area (Å²) in [5.41, 5.74) is 6.79. The van der Waals surface area contributed by atoms with Crippen molar-refractivity contribution in [2.45, 2.75) is 6.54 Å². The fourth-order valence-electron chi connectivity index (χ4n) is 1.48. The number of carboxylic acid groups (broad SMARTS) is 1. The van der Waals surface area contributed by atoms with E-state index in [0.717, 1.165) is 15.6 Å². The molecule has 2 rings (SSSR count). The zero-order valence-electron chi connectivity index (χ0n) is 7.36. The standard InChI is InChI=1S/C10H9NO2S/c11-4-6-5-14-8-3-1-2-7(9(6)8)10(12)13/h1-3,5H,4,11H2,(H,12,13). The summed E-state index contributed by atoms with van der Waals surface area (Å²) in [6, 6.07) is 5.27. The van der Waals surface area contributed by atoms with E-state index in [0.29, 0.717) is 12.1 Å². The molecule has 0 aliphatic rings. The van der Waals surface area contributed by atoms with Crippen molar-refractivity contribution < 1.29 is 9.90 Å². The normalized spacial score (nSPS) is 10.6. The Kier molecular flexibility index (Phi) is 2.23. The van der Waals surface area contributed by atoms with Crippen molar-refractivity contribution in [2.75, 3.05) is 0 Å². The molecule has 0 bridgehead atoms. The minimum absolute atomic E-state index is 0.337. The van der Waals surface area contributed by atoms with Gasteiger partial charge in [0.25, 0.3) is 0 Å². The first kappa shape index (κ1) is 9.18. The van der Waals surface area contributed by atoms with Gasteiger partial charge in [-0.1, -0.05) is 6.07 Å². The first-order chi connectivity index (χ1) is 6.74. The molecule has 1 aromatic heterocycles. The van der Waals surface area contributed by atoms with E-state index >= 15 is 0 Å². The van der Waals surface area contributed by atoms with Crippen LogP contribution in [0.2, 0.25) is 0 Å². The number of fused-ring (bicyclic) bond motifs is 1. The largest absolute Gasteiger partial charge is 0.478 e. The lowest BCUT2D eigenvalue weighted by atomic mass is 10.1. The van der Waals surface area contributed by atoms with E-state index in [1.165, 1.54) is 11.3 Å². The topological polar surface area (TPSA) is 63.3 Å². The molecule has 0 saturated heterocycles. The van der Waals surface area contributed by atoms with Crippen molar-refractivity contribution in [1.82, 2.24) is 0 Å². The predicted octanol–water partition coefficient (Wildman–Crippen LogP) is 2.06. The van der Waals surface area contributed by atoms with E-state index in [4.69, 9.17) is 10.8 Å². The van der Waals surface area contributed by atoms with Crippen LogP contribution in [-0.2, 0) is 6.54 Å². The molecule has 0 unspecified atom stereocenters. The molecule has 0 saturated carbocycles. The van der Waals surface area contributed by atoms with Crippen molar-refractivity contribution in [3.05, 3.63) is 34.7 Å². The molecule has 1 heterocycles. The number of benzene rings is 1. The van der Waals surface area contributed by atoms with Crippen molar-refractivity contribution in [2.24, 2.45) is 5.73 Å². The second-order valence-corrected chi connectivity index (χ2v) is 3.86. The van der Waals surface area contributed by atoms with Gasteiger partial charge in [-0.2, -0.15) is 0 Å². The van der Waals surface area contributed by atoms with E-state index in [2.05, 4.69) is 0 Å². The molecular formula is C10H9NO2S. The Hall–Kier alpha value is -1.39. The van der Waals surface area contributed by atoms with Crippen LogP contribution in [0.1, 0.15) is 15.9 Å². The Balaban J connectivity index is 2.81. The van der Waals surface area contributed by atoms with Gasteiger partial charge < -0.3 is 10.8 Å². The van der Waals surface area contributed by atoms with Crippen LogP contribution in [0.15, 0.2) is 23.6 Å². The summed E-state index contributed by atoms with van der Waals surface area (Å²) in [5.74, 6) is -0.899. The van der Waals surface area contributed by atoms with Crippen LogP contribution in [0.4, 0.5) is 0 Å². The van der Waals surface area contributed by atoms with Crippen LogP contribution < -0.4 is 5.73 Å². The molecule has 0 spiro atoms. The van der Waals surface area contributed by atoms with Crippen molar-refractivity contribution in [1.29, 1.82) is 0 Å². The van der Waals surface area contributed by atoms with Gasteiger partial charge in [0.15, 0.2) is 0 Å². The second-order valence-electron chi connectivity index (χ2n) is 2.95. The molecule has 0 amide bonds. The van der Waals surface area contributed by atoms with Crippen molar-refractivity contribution >= 4 is 27.4 Å². The summed E-state index contributed by atoms with van der Waals surface area (Å²) >= 11 is 1.53. The number of hydrogen-bond donors (Lipinski definition) is 2. The molecule has 3 N–H and O–H groups in total. The summed E-state index contributed by atoms with van der Waals surface area (Å²) < 4.78 is 0.977. The third-order valence-electron chi connectivity index (χ3n) is 2.13. The van der Waals surface area contributed by atoms with E-state index in [9.17, 15) is 4.79 Å². The molecule has 3 nitrogen and oxygen atoms in total. The lowest BCUT2D eigenvalue weighted by Crippen LogP contribution is -2.00. The summed E-state index contributed by atoms with van der Waals surface area (Å²) in [4.78, 5) is 10.9. The molecule has 2 aromatic rings. The lowest BCUT2D eigenvalue weighted by molar-refractivity contribution is 0.0699. The highest BCUT2D eigenvalue weighted by atomic mass is 32.1. The molecule has 0 radical (unpaired) electrons. The highest BCUT2D eigenvalue weighted by Gasteiger charge is 2.12. The maximum Gasteiger partial charge on any atom is 0.336 e. The number of nitrogens with two attached hydrogens (primary N) is 1. The summed E-state index contributed by atoms with van der Waals surface area (Å²) in [6.45, 7) is 0.379. The third-order valence-corrected chi connectivity index (χ3v) is 3.12. The summed E-state index contributed by atoms with van der Waals surface area (Å²) in [7, 11) is 0. The number of carboxylic acids is 1. The molecule has 1 aromatic carbocycles. The van der Waals surface area contributed by atoms with E-state index in [-0.39, 0.29) is 0 Å². The Bertz CT molecular complexity index is 490. The maximum atomic E-state index is 10.9. The number of thiophene rings is 1. The molecule has 72 valence electrons. The van der Waals surface area contributed by atoms with Gasteiger partial charge in [-0.3, -0.25) is 0 Å². The SMILES string of the molecule is NCc1csc2cccc(C(=O)O)c12. The zero-order valence-corrected chi connectivity index (χ0v) is 8.17. The third kappa shape index (κ3) is 1.29. The lowest BCUT2D eigenvalue weighted by Gasteiger charge is -1.99. The smallest absolute Gasteiger partial charge is 0.336 e. The first-order valence-corrected chi connectivity index (χ1v) is 5.04. The average molecular weight is 207 g/mol. The van der Waals surface area contributed by atoms with E-state index in [1.807, 2.05) is 11.4 Å². The molecule has 4 heteroatoms. The number of carbonyl (C=O) groups is 1. The number of aromatic carboxylic acids is 1. The fraction of sp³-hybridized carbons (Fsp3) is 0.100. The van der Waals surface area contributed by atoms with Gasteiger partial charge in [0, 0.05) is 16.6 Å². The highest BCUT2D eigenvalue weighted by molar-refractivity contribution is 7.17. The molecule has 0 fully saturated rings. The second kappa shape index (κ2) is 3.40. The van der Waals surface area contributed by atoms with Gasteiger partial charge in [-0.05, 0) is 23.1 Å². The minimum atomic E-state index is -0.899. The fourth-order valence-corrected chi connectivity index (χ4v) is 2.48. The number of rotatable bonds is 2. The van der Waals surface area contributed by atoms with Gasteiger partial charge in [-0.25, -0.2) is 4.79 Å². The van der Waals surface area contributed by atoms with Gasteiger partial charge >= 0.3 is 5.97 Å². The maximum absolute atomic E-state index is 10.9. The average Bonchev–Trinajstić information content (AvgIpc) is 2.59. The molecular weight excluding hydrogens is 198 g/mol. The van der Waals surface area contributed by atoms with Gasteiger partial charge in [0.05, 0.1) is 5.56 Å². The number of hydrogen-bond acceptors (Lipinski definition) is 3. The Morgan fingerprint density at radius 3 is 2.93 bits per heavy atom. The van der Waals surface area contributed by atoms with Crippen molar-refractivity contribution in [3.63, 3.8) is 0 Å².